The third-order valence-corrected chi connectivity index (χ3v) is 8.96. The molecule has 10 nitrogen and oxygen atoms in total. The second kappa shape index (κ2) is 13.2. The van der Waals surface area contributed by atoms with Crippen LogP contribution in [0.5, 0.6) is 6.01 Å². The number of halogens is 4. The highest BCUT2D eigenvalue weighted by molar-refractivity contribution is 6.36. The number of carbonyl (C=O) groups is 1. The molecule has 0 N–H and O–H groups in total. The first-order valence-corrected chi connectivity index (χ1v) is 16.0. The predicted octanol–water partition coefficient (Wildman–Crippen LogP) is 6.54. The van der Waals surface area contributed by atoms with Gasteiger partial charge < -0.3 is 19.2 Å². The Hall–Kier alpha value is -4.41. The maximum absolute atomic E-state index is 16.7. The number of amides is 1. The van der Waals surface area contributed by atoms with Gasteiger partial charge in [0.2, 0.25) is 6.54 Å². The summed E-state index contributed by atoms with van der Waals surface area (Å²) < 4.78 is 56.9. The summed E-state index contributed by atoms with van der Waals surface area (Å²) in [5.74, 6) is -1.14. The number of likely N-dealkylation sites (N-methyl/N-ethyl adjacent to an activating group) is 1. The lowest BCUT2D eigenvalue weighted by atomic mass is 10.0. The van der Waals surface area contributed by atoms with Crippen LogP contribution in [-0.2, 0) is 4.74 Å². The summed E-state index contributed by atoms with van der Waals surface area (Å²) >= 11 is 6.37. The molecule has 0 bridgehead atoms. The average molecular weight is 682 g/mol. The molecule has 0 spiro atoms. The molecular weight excluding hydrogens is 647 g/mol. The van der Waals surface area contributed by atoms with Gasteiger partial charge in [0, 0.05) is 49.4 Å². The normalized spacial score (nSPS) is 20.4. The van der Waals surface area contributed by atoms with Crippen molar-refractivity contribution in [2.24, 2.45) is 0 Å². The van der Waals surface area contributed by atoms with E-state index in [-0.39, 0.29) is 85.0 Å². The highest BCUT2D eigenvalue weighted by Crippen LogP contribution is 2.38. The lowest BCUT2D eigenvalue weighted by Crippen LogP contribution is -2.57. The Morgan fingerprint density at radius 3 is 2.62 bits per heavy atom. The standard InChI is InChI=1S/C34H35ClF3N7O3/c1-34(2,3)48-33(46)45-12-11-44(17-22(45)14-39-4)31-24-15-40-29(23-8-6-7-19-9-10-25(37)27(35)26(19)23)28(38)30(24)41-32(42-31)47-18-21-13-20(36)16-43(21)5/h6-10,15,20-22H,11-14,16-18H2,1-3,5H3/t20-,21+,22+/m1/s1. The maximum Gasteiger partial charge on any atom is 0.410 e. The zero-order valence-corrected chi connectivity index (χ0v) is 27.8. The molecule has 0 radical (unpaired) electrons. The van der Waals surface area contributed by atoms with Gasteiger partial charge in [-0.05, 0) is 45.7 Å². The van der Waals surface area contributed by atoms with E-state index in [9.17, 15) is 13.6 Å². The van der Waals surface area contributed by atoms with Crippen LogP contribution in [0.4, 0.5) is 23.8 Å². The van der Waals surface area contributed by atoms with Gasteiger partial charge in [0.15, 0.2) is 5.82 Å². The molecule has 48 heavy (non-hydrogen) atoms. The lowest BCUT2D eigenvalue weighted by Gasteiger charge is -2.40. The van der Waals surface area contributed by atoms with Crippen LogP contribution in [-0.4, -0.2) is 101 Å². The second-order valence-corrected chi connectivity index (χ2v) is 13.5. The van der Waals surface area contributed by atoms with E-state index in [2.05, 4.69) is 19.8 Å². The van der Waals surface area contributed by atoms with Gasteiger partial charge in [0.1, 0.15) is 47.3 Å². The minimum absolute atomic E-state index is 0.00961. The molecule has 0 aliphatic carbocycles. The van der Waals surface area contributed by atoms with Crippen LogP contribution < -0.4 is 9.64 Å². The van der Waals surface area contributed by atoms with Gasteiger partial charge in [-0.2, -0.15) is 9.97 Å². The van der Waals surface area contributed by atoms with Crippen molar-refractivity contribution in [3.63, 3.8) is 0 Å². The van der Waals surface area contributed by atoms with Crippen molar-refractivity contribution in [3.8, 4) is 17.3 Å². The first-order valence-electron chi connectivity index (χ1n) is 15.6. The van der Waals surface area contributed by atoms with Crippen LogP contribution in [0.15, 0.2) is 36.5 Å². The van der Waals surface area contributed by atoms with Crippen LogP contribution in [0.25, 0.3) is 37.8 Å². The topological polar surface area (TPSA) is 88.3 Å². The first kappa shape index (κ1) is 33.5. The summed E-state index contributed by atoms with van der Waals surface area (Å²) in [6, 6.07) is 6.97. The Morgan fingerprint density at radius 1 is 1.12 bits per heavy atom. The quantitative estimate of drug-likeness (QED) is 0.212. The summed E-state index contributed by atoms with van der Waals surface area (Å²) in [5.41, 5.74) is -0.622. The molecule has 0 saturated carbocycles. The van der Waals surface area contributed by atoms with Gasteiger partial charge in [-0.3, -0.25) is 14.8 Å². The summed E-state index contributed by atoms with van der Waals surface area (Å²) in [4.78, 5) is 35.4. The van der Waals surface area contributed by atoms with Crippen LogP contribution in [0, 0.1) is 18.2 Å². The zero-order valence-electron chi connectivity index (χ0n) is 27.0. The van der Waals surface area contributed by atoms with Crippen molar-refractivity contribution >= 4 is 45.2 Å². The van der Waals surface area contributed by atoms with Crippen molar-refractivity contribution < 1.29 is 27.4 Å². The number of aromatic nitrogens is 3. The van der Waals surface area contributed by atoms with E-state index in [0.717, 1.165) is 0 Å². The molecule has 6 rings (SSSR count). The highest BCUT2D eigenvalue weighted by atomic mass is 35.5. The molecule has 2 fully saturated rings. The molecule has 0 unspecified atom stereocenters. The van der Waals surface area contributed by atoms with Crippen molar-refractivity contribution in [2.75, 3.05) is 51.3 Å². The fraction of sp³-hybridized carbons (Fsp3) is 0.441. The molecule has 3 atom stereocenters. The van der Waals surface area contributed by atoms with Crippen LogP contribution in [0.1, 0.15) is 27.2 Å². The largest absolute Gasteiger partial charge is 0.462 e. The number of benzene rings is 2. The summed E-state index contributed by atoms with van der Waals surface area (Å²) in [5, 5.41) is 1.03. The van der Waals surface area contributed by atoms with Crippen molar-refractivity contribution in [1.29, 1.82) is 0 Å². The van der Waals surface area contributed by atoms with Crippen LogP contribution in [0.2, 0.25) is 5.02 Å². The number of rotatable bonds is 6. The molecule has 2 aliphatic heterocycles. The molecule has 14 heteroatoms. The summed E-state index contributed by atoms with van der Waals surface area (Å²) in [6.45, 7) is 13.9. The van der Waals surface area contributed by atoms with Crippen LogP contribution >= 0.6 is 11.6 Å². The van der Waals surface area contributed by atoms with Crippen LogP contribution in [0.3, 0.4) is 0 Å². The lowest BCUT2D eigenvalue weighted by molar-refractivity contribution is 0.0155. The molecule has 4 aromatic rings. The number of piperazine rings is 1. The number of hydrogen-bond acceptors (Lipinski definition) is 8. The van der Waals surface area contributed by atoms with Crippen molar-refractivity contribution in [1.82, 2.24) is 24.8 Å². The smallest absolute Gasteiger partial charge is 0.410 e. The van der Waals surface area contributed by atoms with E-state index in [1.54, 1.807) is 52.1 Å². The number of pyridine rings is 1. The van der Waals surface area contributed by atoms with Gasteiger partial charge in [0.25, 0.3) is 0 Å². The Balaban J connectivity index is 1.43. The second-order valence-electron chi connectivity index (χ2n) is 13.1. The van der Waals surface area contributed by atoms with Gasteiger partial charge in [-0.25, -0.2) is 24.5 Å². The number of alkyl halides is 1. The fourth-order valence-corrected chi connectivity index (χ4v) is 6.54. The highest BCUT2D eigenvalue weighted by Gasteiger charge is 2.37. The number of hydrogen-bond donors (Lipinski definition) is 0. The Morgan fingerprint density at radius 2 is 1.92 bits per heavy atom. The zero-order chi connectivity index (χ0) is 34.3. The SMILES string of the molecule is [C-]#[N+]C[C@H]1CN(c2nc(OC[C@@H]3C[C@@H](F)CN3C)nc3c(F)c(-c4cccc5ccc(F)c(Cl)c45)ncc23)CCN1C(=O)OC(C)(C)C. The van der Waals surface area contributed by atoms with Gasteiger partial charge >= 0.3 is 12.1 Å². The van der Waals surface area contributed by atoms with E-state index in [1.165, 1.54) is 17.2 Å². The van der Waals surface area contributed by atoms with Gasteiger partial charge in [0.05, 0.1) is 10.4 Å². The molecule has 1 amide bonds. The van der Waals surface area contributed by atoms with Crippen molar-refractivity contribution in [3.05, 3.63) is 64.6 Å². The number of likely N-dealkylation sites (tertiary alicyclic amines) is 1. The first-order chi connectivity index (χ1) is 22.8. The van der Waals surface area contributed by atoms with E-state index < -0.39 is 35.5 Å². The summed E-state index contributed by atoms with van der Waals surface area (Å²) in [6.07, 6.45) is 0.215. The maximum atomic E-state index is 16.7. The summed E-state index contributed by atoms with van der Waals surface area (Å²) in [7, 11) is 1.80. The Kier molecular flexibility index (Phi) is 9.24. The van der Waals surface area contributed by atoms with E-state index in [1.807, 2.05) is 9.80 Å². The van der Waals surface area contributed by atoms with Gasteiger partial charge in [-0.15, -0.1) is 0 Å². The average Bonchev–Trinajstić information content (AvgIpc) is 3.37. The minimum atomic E-state index is -0.985. The third-order valence-electron chi connectivity index (χ3n) is 8.59. The van der Waals surface area contributed by atoms with Crippen molar-refractivity contribution in [2.45, 2.75) is 51.0 Å². The number of fused-ring (bicyclic) bond motifs is 2. The molecule has 2 saturated heterocycles. The molecule has 252 valence electrons. The molecule has 2 aromatic heterocycles. The Labute approximate surface area is 281 Å². The predicted molar refractivity (Wildman–Crippen MR) is 177 cm³/mol. The number of anilines is 1. The molecule has 2 aliphatic rings. The van der Waals surface area contributed by atoms with E-state index in [4.69, 9.17) is 27.6 Å². The number of ether oxygens (including phenoxy) is 2. The molecule has 4 heterocycles. The van der Waals surface area contributed by atoms with E-state index in [0.29, 0.717) is 16.6 Å². The Bertz CT molecular complexity index is 1920. The van der Waals surface area contributed by atoms with E-state index >= 15 is 4.39 Å². The third kappa shape index (κ3) is 6.64. The minimum Gasteiger partial charge on any atom is -0.462 e. The monoisotopic (exact) mass is 681 g/mol. The number of nitrogens with zero attached hydrogens (tertiary/aromatic N) is 7. The van der Waals surface area contributed by atoms with Gasteiger partial charge in [-0.1, -0.05) is 35.9 Å². The molecular formula is C34H35ClF3N7O3. The molecule has 2 aromatic carbocycles. The number of carbonyl (C=O) groups excluding carboxylic acids is 1. The fourth-order valence-electron chi connectivity index (χ4n) is 6.27.